The van der Waals surface area contributed by atoms with Crippen LogP contribution >= 0.6 is 0 Å². The third-order valence-electron chi connectivity index (χ3n) is 6.02. The first-order valence-corrected chi connectivity index (χ1v) is 11.1. The van der Waals surface area contributed by atoms with E-state index >= 15 is 0 Å². The summed E-state index contributed by atoms with van der Waals surface area (Å²) in [6.45, 7) is 5.65. The van der Waals surface area contributed by atoms with Crippen molar-refractivity contribution < 1.29 is 9.13 Å². The van der Waals surface area contributed by atoms with Crippen LogP contribution in [0.4, 0.5) is 10.1 Å². The van der Waals surface area contributed by atoms with Crippen LogP contribution in [-0.4, -0.2) is 59.1 Å². The number of aromatic nitrogens is 3. The predicted molar refractivity (Wildman–Crippen MR) is 119 cm³/mol. The molecule has 0 bridgehead atoms. The number of ether oxygens (including phenoxy) is 1. The molecule has 1 aromatic carbocycles. The topological polar surface area (TPSA) is 79.6 Å². The quantitative estimate of drug-likeness (QED) is 0.541. The van der Waals surface area contributed by atoms with E-state index in [1.54, 1.807) is 12.1 Å². The third-order valence-corrected chi connectivity index (χ3v) is 6.02. The fourth-order valence-corrected chi connectivity index (χ4v) is 4.10. The van der Waals surface area contributed by atoms with Gasteiger partial charge in [0.2, 0.25) is 0 Å². The van der Waals surface area contributed by atoms with Gasteiger partial charge in [-0.05, 0) is 50.8 Å². The van der Waals surface area contributed by atoms with Gasteiger partial charge in [-0.15, -0.1) is 10.2 Å². The van der Waals surface area contributed by atoms with Crippen LogP contribution in [0.1, 0.15) is 37.3 Å². The molecule has 2 aliphatic heterocycles. The van der Waals surface area contributed by atoms with Gasteiger partial charge in [-0.2, -0.15) is 0 Å². The highest BCUT2D eigenvalue weighted by Crippen LogP contribution is 2.21. The number of benzene rings is 1. The van der Waals surface area contributed by atoms with Crippen molar-refractivity contribution in [3.8, 4) is 0 Å². The maximum Gasteiger partial charge on any atom is 0.192 e. The predicted octanol–water partition coefficient (Wildman–Crippen LogP) is 2.15. The summed E-state index contributed by atoms with van der Waals surface area (Å²) in [6.07, 6.45) is 4.47. The highest BCUT2D eigenvalue weighted by atomic mass is 19.1. The Morgan fingerprint density at radius 3 is 2.94 bits per heavy atom. The molecule has 9 heteroatoms. The number of rotatable bonds is 6. The average Bonchev–Trinajstić information content (AvgIpc) is 3.41. The van der Waals surface area contributed by atoms with Gasteiger partial charge in [-0.3, -0.25) is 0 Å². The number of hydrogen-bond acceptors (Lipinski definition) is 5. The van der Waals surface area contributed by atoms with Gasteiger partial charge < -0.3 is 24.8 Å². The van der Waals surface area contributed by atoms with Crippen LogP contribution in [0.2, 0.25) is 0 Å². The number of hydrogen-bond donors (Lipinski definition) is 2. The van der Waals surface area contributed by atoms with E-state index in [1.807, 2.05) is 24.6 Å². The molecule has 2 aliphatic rings. The minimum absolute atomic E-state index is 0.202. The lowest BCUT2D eigenvalue weighted by molar-refractivity contribution is 0.113. The molecule has 168 valence electrons. The molecule has 2 N–H and O–H groups in total. The molecule has 3 heterocycles. The maximum absolute atomic E-state index is 13.7. The van der Waals surface area contributed by atoms with E-state index < -0.39 is 0 Å². The van der Waals surface area contributed by atoms with E-state index in [-0.39, 0.29) is 18.0 Å². The van der Waals surface area contributed by atoms with Gasteiger partial charge in [0.15, 0.2) is 11.8 Å². The number of aryl methyl sites for hydroxylation is 1. The maximum atomic E-state index is 13.7. The van der Waals surface area contributed by atoms with Crippen molar-refractivity contribution >= 4 is 11.6 Å². The van der Waals surface area contributed by atoms with E-state index in [4.69, 9.17) is 9.73 Å². The molecule has 0 amide bonds. The highest BCUT2D eigenvalue weighted by Gasteiger charge is 2.22. The molecule has 31 heavy (non-hydrogen) atoms. The molecule has 1 aromatic heterocycles. The van der Waals surface area contributed by atoms with Gasteiger partial charge in [0.1, 0.15) is 18.2 Å². The van der Waals surface area contributed by atoms with Gasteiger partial charge >= 0.3 is 0 Å². The van der Waals surface area contributed by atoms with Crippen molar-refractivity contribution in [3.05, 3.63) is 41.7 Å². The first-order chi connectivity index (χ1) is 15.1. The molecule has 8 nitrogen and oxygen atoms in total. The van der Waals surface area contributed by atoms with Gasteiger partial charge in [0.25, 0.3) is 0 Å². The molecule has 2 fully saturated rings. The Hall–Kier alpha value is -2.68. The van der Waals surface area contributed by atoms with Crippen molar-refractivity contribution in [3.63, 3.8) is 0 Å². The van der Waals surface area contributed by atoms with Gasteiger partial charge in [-0.1, -0.05) is 6.07 Å². The Labute approximate surface area is 182 Å². The summed E-state index contributed by atoms with van der Waals surface area (Å²) in [5.41, 5.74) is 0.923. The molecule has 2 atom stereocenters. The van der Waals surface area contributed by atoms with Crippen molar-refractivity contribution in [2.45, 2.75) is 51.3 Å². The zero-order valence-corrected chi connectivity index (χ0v) is 18.4. The molecule has 4 rings (SSSR count). The minimum Gasteiger partial charge on any atom is -0.376 e. The van der Waals surface area contributed by atoms with Crippen LogP contribution in [0.5, 0.6) is 0 Å². The van der Waals surface area contributed by atoms with Crippen LogP contribution in [0.15, 0.2) is 29.3 Å². The first kappa shape index (κ1) is 21.5. The number of nitrogens with one attached hydrogen (secondary N) is 2. The van der Waals surface area contributed by atoms with Crippen LogP contribution < -0.4 is 15.5 Å². The number of anilines is 1. The van der Waals surface area contributed by atoms with Crippen molar-refractivity contribution in [2.75, 3.05) is 31.1 Å². The highest BCUT2D eigenvalue weighted by molar-refractivity contribution is 5.80. The van der Waals surface area contributed by atoms with Crippen LogP contribution in [0.25, 0.3) is 0 Å². The largest absolute Gasteiger partial charge is 0.376 e. The molecular weight excluding hydrogens is 397 g/mol. The zero-order chi connectivity index (χ0) is 21.6. The molecule has 0 radical (unpaired) electrons. The van der Waals surface area contributed by atoms with E-state index in [2.05, 4.69) is 25.7 Å². The van der Waals surface area contributed by atoms with Crippen molar-refractivity contribution in [1.29, 1.82) is 0 Å². The molecule has 2 saturated heterocycles. The van der Waals surface area contributed by atoms with E-state index in [1.165, 1.54) is 6.07 Å². The summed E-state index contributed by atoms with van der Waals surface area (Å²) in [7, 11) is 1.95. The van der Waals surface area contributed by atoms with E-state index in [0.717, 1.165) is 75.2 Å². The number of nitrogens with zero attached hydrogens (tertiary/aromatic N) is 5. The van der Waals surface area contributed by atoms with Crippen LogP contribution in [0.3, 0.4) is 0 Å². The summed E-state index contributed by atoms with van der Waals surface area (Å²) in [5.74, 6) is 2.24. The molecule has 0 aliphatic carbocycles. The lowest BCUT2D eigenvalue weighted by atomic mass is 10.0. The van der Waals surface area contributed by atoms with Gasteiger partial charge in [0.05, 0.1) is 6.10 Å². The van der Waals surface area contributed by atoms with E-state index in [9.17, 15) is 4.39 Å². The second-order valence-electron chi connectivity index (χ2n) is 8.31. The molecule has 2 aromatic rings. The second kappa shape index (κ2) is 10.1. The minimum atomic E-state index is -0.202. The Morgan fingerprint density at radius 2 is 2.19 bits per heavy atom. The lowest BCUT2D eigenvalue weighted by Gasteiger charge is -2.35. The molecule has 2 unspecified atom stereocenters. The second-order valence-corrected chi connectivity index (χ2v) is 8.31. The lowest BCUT2D eigenvalue weighted by Crippen LogP contribution is -2.52. The normalized spacial score (nSPS) is 22.0. The van der Waals surface area contributed by atoms with Gasteiger partial charge in [-0.25, -0.2) is 9.38 Å². The summed E-state index contributed by atoms with van der Waals surface area (Å²) >= 11 is 0. The third kappa shape index (κ3) is 5.72. The number of halogens is 1. The summed E-state index contributed by atoms with van der Waals surface area (Å²) in [4.78, 5) is 7.00. The average molecular weight is 430 g/mol. The Bertz CT molecular complexity index is 894. The summed E-state index contributed by atoms with van der Waals surface area (Å²) < 4.78 is 21.4. The smallest absolute Gasteiger partial charge is 0.192 e. The molecular formula is C22H32FN7O. The van der Waals surface area contributed by atoms with Gasteiger partial charge in [0, 0.05) is 45.0 Å². The Morgan fingerprint density at radius 1 is 1.29 bits per heavy atom. The zero-order valence-electron chi connectivity index (χ0n) is 18.4. The van der Waals surface area contributed by atoms with Crippen molar-refractivity contribution in [1.82, 2.24) is 25.4 Å². The van der Waals surface area contributed by atoms with Crippen LogP contribution in [-0.2, 0) is 18.3 Å². The molecule has 0 saturated carbocycles. The monoisotopic (exact) mass is 429 g/mol. The standard InChI is InChI=1S/C22H32FN7O/c1-16-27-28-21(29(16)2)14-25-22(24-13-20-9-5-11-31-20)26-18-7-4-10-30(15-18)19-8-3-6-17(23)12-19/h3,6,8,12,18,20H,4-5,7,9-11,13-15H2,1-2H3,(H2,24,25,26). The SMILES string of the molecule is Cc1nnc(CN=C(NCC2CCCO2)NC2CCCN(c3cccc(F)c3)C2)n1C. The number of aliphatic imine (C=N–C) groups is 1. The summed E-state index contributed by atoms with van der Waals surface area (Å²) in [5, 5.41) is 15.4. The van der Waals surface area contributed by atoms with Crippen molar-refractivity contribution in [2.24, 2.45) is 12.0 Å². The Kier molecular flexibility index (Phi) is 7.01. The Balaban J connectivity index is 1.42. The summed E-state index contributed by atoms with van der Waals surface area (Å²) in [6, 6.07) is 7.03. The number of piperidine rings is 1. The van der Waals surface area contributed by atoms with E-state index in [0.29, 0.717) is 6.54 Å². The molecule has 0 spiro atoms. The first-order valence-electron chi connectivity index (χ1n) is 11.1. The fourth-order valence-electron chi connectivity index (χ4n) is 4.10. The fraction of sp³-hybridized carbons (Fsp3) is 0.591. The number of guanidine groups is 1. The van der Waals surface area contributed by atoms with Crippen LogP contribution in [0, 0.1) is 12.7 Å².